The average Bonchev–Trinajstić information content (AvgIpc) is 2.87. The molecule has 1 aromatic rings. The van der Waals surface area contributed by atoms with Crippen LogP contribution in [0.2, 0.25) is 10.0 Å². The highest BCUT2D eigenvalue weighted by Gasteiger charge is 2.34. The predicted molar refractivity (Wildman–Crippen MR) is 185 cm³/mol. The molecule has 1 aromatic carbocycles. The lowest BCUT2D eigenvalue weighted by atomic mass is 9.64. The van der Waals surface area contributed by atoms with E-state index in [0.29, 0.717) is 21.7 Å². The molecule has 0 saturated heterocycles. The molecular weight excluding hydrogens is 586 g/mol. The molecule has 0 heterocycles. The summed E-state index contributed by atoms with van der Waals surface area (Å²) in [4.78, 5) is 0. The maximum Gasteiger partial charge on any atom is 0.413 e. The lowest BCUT2D eigenvalue weighted by Crippen LogP contribution is -2.30. The van der Waals surface area contributed by atoms with Crippen molar-refractivity contribution in [2.24, 2.45) is 29.1 Å². The highest BCUT2D eigenvalue weighted by molar-refractivity contribution is 6.37. The topological polar surface area (TPSA) is 23.9 Å². The fourth-order valence-electron chi connectivity index (χ4n) is 5.91. The summed E-state index contributed by atoms with van der Waals surface area (Å²) in [5, 5.41) is 8.11. The van der Waals surface area contributed by atoms with Crippen molar-refractivity contribution in [3.05, 3.63) is 75.8 Å². The van der Waals surface area contributed by atoms with Gasteiger partial charge in [0.2, 0.25) is 0 Å². The Morgan fingerprint density at radius 2 is 1.51 bits per heavy atom. The zero-order chi connectivity index (χ0) is 33.7. The Balaban J connectivity index is 0.000000552. The van der Waals surface area contributed by atoms with Crippen LogP contribution in [-0.4, -0.2) is 12.4 Å². The van der Waals surface area contributed by atoms with Gasteiger partial charge in [-0.1, -0.05) is 109 Å². The Kier molecular flexibility index (Phi) is 18.1. The minimum Gasteiger partial charge on any atom is -0.308 e. The summed E-state index contributed by atoms with van der Waals surface area (Å²) in [5.41, 5.74) is 3.27. The van der Waals surface area contributed by atoms with E-state index in [1.165, 1.54) is 51.0 Å². The predicted octanol–water partition coefficient (Wildman–Crippen LogP) is 14.0. The Hall–Kier alpha value is -1.78. The summed E-state index contributed by atoms with van der Waals surface area (Å²) in [7, 11) is 0. The molecule has 3 atom stereocenters. The zero-order valence-electron chi connectivity index (χ0n) is 28.1. The number of nitrogens with one attached hydrogen (secondary N) is 1. The summed E-state index contributed by atoms with van der Waals surface area (Å²) < 4.78 is 36.1. The van der Waals surface area contributed by atoms with Gasteiger partial charge < -0.3 is 5.41 Å². The molecule has 43 heavy (non-hydrogen) atoms. The minimum absolute atomic E-state index is 0.150. The lowest BCUT2D eigenvalue weighted by molar-refractivity contribution is -0.0916. The monoisotopic (exact) mass is 641 g/mol. The molecule has 1 N–H and O–H groups in total. The fraction of sp³-hybridized carbons (Fsp3) is 0.595. The highest BCUT2D eigenvalue weighted by atomic mass is 35.5. The van der Waals surface area contributed by atoms with Gasteiger partial charge in [0.15, 0.2) is 0 Å². The van der Waals surface area contributed by atoms with Crippen LogP contribution in [0.5, 0.6) is 0 Å². The smallest absolute Gasteiger partial charge is 0.308 e. The zero-order valence-corrected chi connectivity index (χ0v) is 29.6. The fourth-order valence-corrected chi connectivity index (χ4v) is 6.57. The summed E-state index contributed by atoms with van der Waals surface area (Å²) in [5.74, 6) is 3.69. The molecule has 2 aliphatic rings. The van der Waals surface area contributed by atoms with Crippen LogP contribution in [0.15, 0.2) is 60.2 Å². The van der Waals surface area contributed by atoms with E-state index in [0.717, 1.165) is 48.2 Å². The molecular formula is C37H56Cl2F3N. The van der Waals surface area contributed by atoms with Crippen molar-refractivity contribution in [3.8, 4) is 0 Å². The molecule has 0 spiro atoms. The van der Waals surface area contributed by atoms with Crippen molar-refractivity contribution in [1.82, 2.24) is 0 Å². The van der Waals surface area contributed by atoms with E-state index in [2.05, 4.69) is 61.3 Å². The molecule has 2 saturated carbocycles. The molecule has 0 radical (unpaired) electrons. The third-order valence-corrected chi connectivity index (χ3v) is 9.13. The first-order valence-corrected chi connectivity index (χ1v) is 16.2. The quantitative estimate of drug-likeness (QED) is 0.181. The van der Waals surface area contributed by atoms with E-state index >= 15 is 0 Å². The van der Waals surface area contributed by atoms with Crippen LogP contribution >= 0.6 is 23.2 Å². The van der Waals surface area contributed by atoms with Crippen molar-refractivity contribution in [2.45, 2.75) is 113 Å². The van der Waals surface area contributed by atoms with Gasteiger partial charge in [0.25, 0.3) is 0 Å². The second kappa shape index (κ2) is 18.9. The SMILES string of the molecule is C=C(C)/C(C=N)=C(/C)C(F)(F)F.C=C(C)[C@H]1CC[C@@H](C)C[C@H]1C.C=C(CC)c1c(Cl)cccc1Cl.CCC1CC(C)(C)C1. The van der Waals surface area contributed by atoms with Gasteiger partial charge >= 0.3 is 6.18 Å². The van der Waals surface area contributed by atoms with Crippen LogP contribution < -0.4 is 0 Å². The number of rotatable bonds is 6. The normalized spacial score (nSPS) is 21.6. The van der Waals surface area contributed by atoms with Gasteiger partial charge in [0.05, 0.1) is 0 Å². The summed E-state index contributed by atoms with van der Waals surface area (Å²) in [6.07, 6.45) is 5.66. The van der Waals surface area contributed by atoms with Gasteiger partial charge in [0.1, 0.15) is 0 Å². The minimum atomic E-state index is -4.37. The van der Waals surface area contributed by atoms with Crippen LogP contribution in [-0.2, 0) is 0 Å². The van der Waals surface area contributed by atoms with Crippen molar-refractivity contribution >= 4 is 35.0 Å². The van der Waals surface area contributed by atoms with E-state index in [1.807, 2.05) is 25.1 Å². The molecule has 2 aliphatic carbocycles. The largest absolute Gasteiger partial charge is 0.413 e. The van der Waals surface area contributed by atoms with Gasteiger partial charge in [-0.3, -0.25) is 0 Å². The van der Waals surface area contributed by atoms with Crippen LogP contribution in [0.1, 0.15) is 113 Å². The first-order valence-electron chi connectivity index (χ1n) is 15.4. The molecule has 0 aliphatic heterocycles. The lowest BCUT2D eigenvalue weighted by Gasteiger charge is -2.42. The Morgan fingerprint density at radius 3 is 1.79 bits per heavy atom. The van der Waals surface area contributed by atoms with E-state index in [4.69, 9.17) is 28.6 Å². The molecule has 0 bridgehead atoms. The maximum absolute atomic E-state index is 12.0. The van der Waals surface area contributed by atoms with Gasteiger partial charge in [0, 0.05) is 33.0 Å². The molecule has 3 rings (SSSR count). The summed E-state index contributed by atoms with van der Waals surface area (Å²) >= 11 is 11.9. The van der Waals surface area contributed by atoms with Gasteiger partial charge in [-0.05, 0) is 105 Å². The van der Waals surface area contributed by atoms with E-state index < -0.39 is 11.7 Å². The Morgan fingerprint density at radius 1 is 1.00 bits per heavy atom. The molecule has 0 unspecified atom stereocenters. The standard InChI is InChI=1S/C11H20.C10H10Cl2.C8H10F3N.C8H16/c1-8(2)11-6-5-9(3)7-10(11)4;1-3-7(2)10-8(11)5-4-6-9(10)12;1-5(2)7(4-12)6(3)8(9,10)11;1-4-7-5-8(2,3)6-7/h9-11H,1,5-7H2,2-4H3;4-6H,2-3H2,1H3;4,12H,1H2,2-3H3;7H,4-6H2,1-3H3/b;;7-6-,12-4?;/t9-,10-,11-;;;/m1.../s1. The maximum atomic E-state index is 12.0. The van der Waals surface area contributed by atoms with Crippen molar-refractivity contribution < 1.29 is 13.2 Å². The molecule has 0 aromatic heterocycles. The van der Waals surface area contributed by atoms with Gasteiger partial charge in [-0.25, -0.2) is 0 Å². The molecule has 0 amide bonds. The third kappa shape index (κ3) is 14.7. The van der Waals surface area contributed by atoms with Crippen molar-refractivity contribution in [3.63, 3.8) is 0 Å². The van der Waals surface area contributed by atoms with E-state index in [1.54, 1.807) is 0 Å². The van der Waals surface area contributed by atoms with Gasteiger partial charge in [-0.15, -0.1) is 0 Å². The number of alkyl halides is 3. The second-order valence-corrected chi connectivity index (χ2v) is 14.0. The molecule has 1 nitrogen and oxygen atoms in total. The van der Waals surface area contributed by atoms with Crippen molar-refractivity contribution in [1.29, 1.82) is 5.41 Å². The van der Waals surface area contributed by atoms with E-state index in [-0.39, 0.29) is 11.1 Å². The summed E-state index contributed by atoms with van der Waals surface area (Å²) in [6, 6.07) is 5.48. The average molecular weight is 643 g/mol. The van der Waals surface area contributed by atoms with Crippen LogP contribution in [0, 0.1) is 34.5 Å². The number of hydrogen-bond acceptors (Lipinski definition) is 1. The van der Waals surface area contributed by atoms with Gasteiger partial charge in [-0.2, -0.15) is 13.2 Å². The Labute approximate surface area is 271 Å². The van der Waals surface area contributed by atoms with E-state index in [9.17, 15) is 13.2 Å². The highest BCUT2D eigenvalue weighted by Crippen LogP contribution is 2.46. The molecule has 244 valence electrons. The number of allylic oxidation sites excluding steroid dienone is 5. The van der Waals surface area contributed by atoms with Crippen molar-refractivity contribution in [2.75, 3.05) is 0 Å². The molecule has 2 fully saturated rings. The third-order valence-electron chi connectivity index (χ3n) is 8.50. The summed E-state index contributed by atoms with van der Waals surface area (Å²) in [6.45, 7) is 29.6. The van der Waals surface area contributed by atoms with Crippen LogP contribution in [0.25, 0.3) is 5.57 Å². The first kappa shape index (κ1) is 41.2. The molecule has 6 heteroatoms. The number of halogens is 5. The number of benzene rings is 1. The van der Waals surface area contributed by atoms with Crippen LogP contribution in [0.4, 0.5) is 13.2 Å². The number of hydrogen-bond donors (Lipinski definition) is 1. The first-order chi connectivity index (χ1) is 19.7. The Bertz CT molecular complexity index is 1090. The van der Waals surface area contributed by atoms with Crippen LogP contribution in [0.3, 0.4) is 0 Å². The second-order valence-electron chi connectivity index (χ2n) is 13.2.